The average molecular weight is 426 g/mol. The Labute approximate surface area is 160 Å². The summed E-state index contributed by atoms with van der Waals surface area (Å²) in [5.74, 6) is -0.207. The maximum atomic E-state index is 13.3. The van der Waals surface area contributed by atoms with Gasteiger partial charge in [-0.1, -0.05) is 24.8 Å². The number of carbonyl (C=O) groups is 1. The smallest absolute Gasteiger partial charge is 0.416 e. The van der Waals surface area contributed by atoms with Crippen LogP contribution in [0, 0.1) is 0 Å². The van der Waals surface area contributed by atoms with Gasteiger partial charge in [0, 0.05) is 6.20 Å². The molecule has 1 heterocycles. The number of alkyl halides is 6. The van der Waals surface area contributed by atoms with Crippen molar-refractivity contribution in [2.24, 2.45) is 0 Å². The van der Waals surface area contributed by atoms with Crippen molar-refractivity contribution in [3.63, 3.8) is 0 Å². The maximum absolute atomic E-state index is 13.3. The van der Waals surface area contributed by atoms with Gasteiger partial charge in [0.1, 0.15) is 0 Å². The molecule has 0 aliphatic carbocycles. The molecule has 1 aromatic heterocycles. The molecule has 0 saturated heterocycles. The first-order valence-corrected chi connectivity index (χ1v) is 9.10. The van der Waals surface area contributed by atoms with E-state index in [1.165, 1.54) is 22.5 Å². The fraction of sp³-hybridized carbons (Fsp3) is 0.412. The number of thioether (sulfide) groups is 1. The SMILES string of the molecule is CCOC(=O)c1cn(Cc2ccc(C(F)(F)F)cc2C(F)(F)F)c(SCC)n1. The van der Waals surface area contributed by atoms with E-state index < -0.39 is 36.0 Å². The summed E-state index contributed by atoms with van der Waals surface area (Å²) in [6.07, 6.45) is -8.64. The predicted octanol–water partition coefficient (Wildman–Crippen LogP) is 5.26. The highest BCUT2D eigenvalue weighted by Crippen LogP contribution is 2.38. The number of carbonyl (C=O) groups excluding carboxylic acids is 1. The highest BCUT2D eigenvalue weighted by Gasteiger charge is 2.38. The van der Waals surface area contributed by atoms with Crippen LogP contribution in [0.4, 0.5) is 26.3 Å². The second-order valence-corrected chi connectivity index (χ2v) is 6.79. The Kier molecular flexibility index (Phi) is 6.68. The third kappa shape index (κ3) is 5.21. The number of hydrogen-bond acceptors (Lipinski definition) is 4. The van der Waals surface area contributed by atoms with Crippen molar-refractivity contribution in [3.05, 3.63) is 46.8 Å². The summed E-state index contributed by atoms with van der Waals surface area (Å²) >= 11 is 1.18. The number of halogens is 6. The summed E-state index contributed by atoms with van der Waals surface area (Å²) in [7, 11) is 0. The van der Waals surface area contributed by atoms with Crippen LogP contribution in [0.1, 0.15) is 41.0 Å². The Balaban J connectivity index is 2.48. The molecule has 2 aromatic rings. The Hall–Kier alpha value is -2.17. The summed E-state index contributed by atoms with van der Waals surface area (Å²) in [6, 6.07) is 1.47. The molecule has 28 heavy (non-hydrogen) atoms. The van der Waals surface area contributed by atoms with Crippen LogP contribution in [0.15, 0.2) is 29.6 Å². The fourth-order valence-electron chi connectivity index (χ4n) is 2.40. The topological polar surface area (TPSA) is 44.1 Å². The van der Waals surface area contributed by atoms with E-state index in [9.17, 15) is 31.1 Å². The van der Waals surface area contributed by atoms with Crippen molar-refractivity contribution in [2.45, 2.75) is 37.9 Å². The van der Waals surface area contributed by atoms with E-state index in [-0.39, 0.29) is 29.1 Å². The van der Waals surface area contributed by atoms with E-state index >= 15 is 0 Å². The predicted molar refractivity (Wildman–Crippen MR) is 90.1 cm³/mol. The van der Waals surface area contributed by atoms with Gasteiger partial charge in [-0.3, -0.25) is 0 Å². The summed E-state index contributed by atoms with van der Waals surface area (Å²) in [6.45, 7) is 3.07. The van der Waals surface area contributed by atoms with Gasteiger partial charge in [-0.05, 0) is 30.4 Å². The highest BCUT2D eigenvalue weighted by molar-refractivity contribution is 7.99. The van der Waals surface area contributed by atoms with Crippen molar-refractivity contribution in [1.82, 2.24) is 9.55 Å². The third-order valence-corrected chi connectivity index (χ3v) is 4.45. The molecule has 0 spiro atoms. The quantitative estimate of drug-likeness (QED) is 0.359. The molecular formula is C17H16F6N2O2S. The molecule has 2 rings (SSSR count). The molecule has 0 aliphatic heterocycles. The Morgan fingerprint density at radius 3 is 2.36 bits per heavy atom. The molecule has 0 fully saturated rings. The van der Waals surface area contributed by atoms with E-state index in [2.05, 4.69) is 4.98 Å². The largest absolute Gasteiger partial charge is 0.461 e. The zero-order valence-corrected chi connectivity index (χ0v) is 15.6. The van der Waals surface area contributed by atoms with Crippen LogP contribution in [0.3, 0.4) is 0 Å². The number of hydrogen-bond donors (Lipinski definition) is 0. The fourth-order valence-corrected chi connectivity index (χ4v) is 3.10. The van der Waals surface area contributed by atoms with E-state index in [4.69, 9.17) is 4.74 Å². The van der Waals surface area contributed by atoms with Crippen molar-refractivity contribution in [2.75, 3.05) is 12.4 Å². The summed E-state index contributed by atoms with van der Waals surface area (Å²) < 4.78 is 84.5. The van der Waals surface area contributed by atoms with Crippen molar-refractivity contribution in [1.29, 1.82) is 0 Å². The Bertz CT molecular complexity index is 845. The minimum absolute atomic E-state index is 0.0849. The molecule has 0 atom stereocenters. The van der Waals surface area contributed by atoms with Gasteiger partial charge in [0.25, 0.3) is 0 Å². The van der Waals surface area contributed by atoms with E-state index in [0.717, 1.165) is 6.07 Å². The molecule has 0 radical (unpaired) electrons. The maximum Gasteiger partial charge on any atom is 0.416 e. The molecule has 0 unspecified atom stereocenters. The second kappa shape index (κ2) is 8.46. The molecule has 0 aliphatic rings. The monoisotopic (exact) mass is 426 g/mol. The van der Waals surface area contributed by atoms with E-state index in [0.29, 0.717) is 11.8 Å². The second-order valence-electron chi connectivity index (χ2n) is 5.56. The number of esters is 1. The molecule has 4 nitrogen and oxygen atoms in total. The normalized spacial score (nSPS) is 12.3. The molecule has 11 heteroatoms. The molecule has 0 amide bonds. The van der Waals surface area contributed by atoms with E-state index in [1.54, 1.807) is 13.8 Å². The number of ether oxygens (including phenoxy) is 1. The highest BCUT2D eigenvalue weighted by atomic mass is 32.2. The molecule has 0 N–H and O–H groups in total. The van der Waals surface area contributed by atoms with Crippen LogP contribution < -0.4 is 0 Å². The van der Waals surface area contributed by atoms with Gasteiger partial charge >= 0.3 is 18.3 Å². The number of rotatable bonds is 6. The summed E-state index contributed by atoms with van der Waals surface area (Å²) in [5.41, 5.74) is -3.23. The van der Waals surface area contributed by atoms with Gasteiger partial charge in [0.2, 0.25) is 0 Å². The lowest BCUT2D eigenvalue weighted by atomic mass is 10.0. The van der Waals surface area contributed by atoms with Gasteiger partial charge in [-0.15, -0.1) is 0 Å². The first-order chi connectivity index (χ1) is 13.0. The third-order valence-electron chi connectivity index (χ3n) is 3.58. The summed E-state index contributed by atoms with van der Waals surface area (Å²) in [4.78, 5) is 15.9. The first kappa shape index (κ1) is 22.1. The number of benzene rings is 1. The first-order valence-electron chi connectivity index (χ1n) is 8.11. The van der Waals surface area contributed by atoms with Gasteiger partial charge in [0.05, 0.1) is 24.3 Å². The van der Waals surface area contributed by atoms with E-state index in [1.807, 2.05) is 0 Å². The lowest BCUT2D eigenvalue weighted by Gasteiger charge is -2.17. The molecule has 0 saturated carbocycles. The van der Waals surface area contributed by atoms with Gasteiger partial charge < -0.3 is 9.30 Å². The Morgan fingerprint density at radius 2 is 1.82 bits per heavy atom. The standard InChI is InChI=1S/C17H16F6N2O2S/c1-3-27-14(26)13-9-25(15(24-13)28-4-2)8-10-5-6-11(16(18,19)20)7-12(10)17(21,22)23/h5-7,9H,3-4,8H2,1-2H3. The van der Waals surface area contributed by atoms with Crippen LogP contribution >= 0.6 is 11.8 Å². The number of nitrogens with zero attached hydrogens (tertiary/aromatic N) is 2. The molecule has 0 bridgehead atoms. The van der Waals surface area contributed by atoms with Crippen molar-refractivity contribution in [3.8, 4) is 0 Å². The van der Waals surface area contributed by atoms with Crippen molar-refractivity contribution >= 4 is 17.7 Å². The van der Waals surface area contributed by atoms with Gasteiger partial charge in [-0.25, -0.2) is 9.78 Å². The molecule has 154 valence electrons. The van der Waals surface area contributed by atoms with Crippen molar-refractivity contribution < 1.29 is 35.9 Å². The van der Waals surface area contributed by atoms with Gasteiger partial charge in [-0.2, -0.15) is 26.3 Å². The molecular weight excluding hydrogens is 410 g/mol. The van der Waals surface area contributed by atoms with Crippen LogP contribution in [0.2, 0.25) is 0 Å². The van der Waals surface area contributed by atoms with Crippen LogP contribution in [-0.2, 0) is 23.6 Å². The minimum atomic E-state index is -4.97. The van der Waals surface area contributed by atoms with Gasteiger partial charge in [0.15, 0.2) is 10.9 Å². The van der Waals surface area contributed by atoms with Crippen LogP contribution in [0.5, 0.6) is 0 Å². The molecule has 1 aromatic carbocycles. The number of aromatic nitrogens is 2. The van der Waals surface area contributed by atoms with Crippen LogP contribution in [-0.4, -0.2) is 27.9 Å². The minimum Gasteiger partial charge on any atom is -0.461 e. The zero-order valence-electron chi connectivity index (χ0n) is 14.8. The zero-order chi connectivity index (χ0) is 21.1. The summed E-state index contributed by atoms with van der Waals surface area (Å²) in [5, 5.41) is 0.263. The number of imidazole rings is 1. The van der Waals surface area contributed by atoms with Crippen LogP contribution in [0.25, 0.3) is 0 Å². The average Bonchev–Trinajstić information content (AvgIpc) is 2.97. The lowest BCUT2D eigenvalue weighted by Crippen LogP contribution is -2.15. The lowest BCUT2D eigenvalue weighted by molar-refractivity contribution is -0.143. The Morgan fingerprint density at radius 1 is 1.14 bits per heavy atom.